The van der Waals surface area contributed by atoms with Crippen molar-refractivity contribution in [2.45, 2.75) is 5.41 Å². The van der Waals surface area contributed by atoms with Crippen LogP contribution in [0.3, 0.4) is 0 Å². The molecule has 8 aromatic rings. The number of nitrogens with zero attached hydrogens (tertiary/aromatic N) is 3. The highest BCUT2D eigenvalue weighted by molar-refractivity contribution is 5.89. The summed E-state index contributed by atoms with van der Waals surface area (Å²) in [5.41, 5.74) is 9.19. The fourth-order valence-electron chi connectivity index (χ4n) is 7.33. The molecule has 238 valence electrons. The molecule has 0 spiro atoms. The van der Waals surface area contributed by atoms with E-state index in [4.69, 9.17) is 14.7 Å². The third-order valence-electron chi connectivity index (χ3n) is 9.45. The molecule has 0 amide bonds. The van der Waals surface area contributed by atoms with Crippen molar-refractivity contribution in [2.75, 3.05) is 4.90 Å². The minimum absolute atomic E-state index is 0.275. The van der Waals surface area contributed by atoms with Crippen LogP contribution in [0.2, 0.25) is 0 Å². The molecule has 5 heteroatoms. The average Bonchev–Trinajstić information content (AvgIpc) is 3.17. The minimum Gasteiger partial charge on any atom is -0.457 e. The van der Waals surface area contributed by atoms with Crippen LogP contribution in [0.25, 0.3) is 22.2 Å². The third-order valence-corrected chi connectivity index (χ3v) is 9.45. The summed E-state index contributed by atoms with van der Waals surface area (Å²) < 4.78 is 20.4. The number of hydrogen-bond donors (Lipinski definition) is 0. The van der Waals surface area contributed by atoms with Crippen LogP contribution in [0, 0.1) is 5.82 Å². The normalized spacial score (nSPS) is 13.0. The van der Waals surface area contributed by atoms with Gasteiger partial charge in [0.25, 0.3) is 0 Å². The van der Waals surface area contributed by atoms with Crippen LogP contribution in [0.1, 0.15) is 22.4 Å². The first-order valence-corrected chi connectivity index (χ1v) is 16.6. The first-order valence-electron chi connectivity index (χ1n) is 16.6. The number of benzene rings is 6. The summed E-state index contributed by atoms with van der Waals surface area (Å²) in [4.78, 5) is 12.2. The number of anilines is 3. The molecule has 0 fully saturated rings. The van der Waals surface area contributed by atoms with Crippen molar-refractivity contribution in [2.24, 2.45) is 0 Å². The van der Waals surface area contributed by atoms with Gasteiger partial charge in [-0.25, -0.2) is 9.37 Å². The Morgan fingerprint density at radius 2 is 1.26 bits per heavy atom. The van der Waals surface area contributed by atoms with Crippen LogP contribution in [0.4, 0.5) is 21.5 Å². The number of pyridine rings is 2. The van der Waals surface area contributed by atoms with E-state index in [2.05, 4.69) is 108 Å². The number of hydrogen-bond acceptors (Lipinski definition) is 4. The lowest BCUT2D eigenvalue weighted by Crippen LogP contribution is -2.38. The van der Waals surface area contributed by atoms with Crippen molar-refractivity contribution in [3.8, 4) is 22.8 Å². The molecule has 6 aromatic carbocycles. The molecule has 3 heterocycles. The number of para-hydroxylation sites is 3. The molecule has 0 bridgehead atoms. The second-order valence-electron chi connectivity index (χ2n) is 12.4. The predicted molar refractivity (Wildman–Crippen MR) is 198 cm³/mol. The monoisotopic (exact) mass is 647 g/mol. The lowest BCUT2D eigenvalue weighted by atomic mass is 9.64. The van der Waals surface area contributed by atoms with E-state index in [-0.39, 0.29) is 5.82 Å². The standard InChI is InChI=1S/C45H30FN3O/c46-34-24-26-41-32(28-34)23-25-40(48-41)31-12-10-16-36(29-31)50-37-17-11-13-33(30-37)45(44-22-8-9-27-47-44)38-18-4-6-20-42(38)49(35-14-2-1-3-15-35)43-21-7-5-19-39(43)45/h1-30H. The van der Waals surface area contributed by atoms with Crippen LogP contribution < -0.4 is 9.64 Å². The molecule has 4 nitrogen and oxygen atoms in total. The van der Waals surface area contributed by atoms with Crippen LogP contribution in [0.15, 0.2) is 182 Å². The minimum atomic E-state index is -0.741. The van der Waals surface area contributed by atoms with E-state index in [0.29, 0.717) is 11.5 Å². The molecule has 0 radical (unpaired) electrons. The van der Waals surface area contributed by atoms with E-state index < -0.39 is 5.41 Å². The summed E-state index contributed by atoms with van der Waals surface area (Å²) in [6.07, 6.45) is 1.87. The zero-order valence-corrected chi connectivity index (χ0v) is 26.9. The van der Waals surface area contributed by atoms with Crippen molar-refractivity contribution in [1.82, 2.24) is 9.97 Å². The Labute approximate surface area is 289 Å². The second-order valence-corrected chi connectivity index (χ2v) is 12.4. The molecular weight excluding hydrogens is 618 g/mol. The summed E-state index contributed by atoms with van der Waals surface area (Å²) in [7, 11) is 0. The molecule has 2 aromatic heterocycles. The Bertz CT molecular complexity index is 2450. The lowest BCUT2D eigenvalue weighted by molar-refractivity contribution is 0.481. The van der Waals surface area contributed by atoms with Gasteiger partial charge in [0.15, 0.2) is 0 Å². The van der Waals surface area contributed by atoms with Crippen molar-refractivity contribution < 1.29 is 9.13 Å². The van der Waals surface area contributed by atoms with E-state index in [0.717, 1.165) is 61.6 Å². The van der Waals surface area contributed by atoms with Gasteiger partial charge in [-0.05, 0) is 102 Å². The molecule has 0 unspecified atom stereocenters. The summed E-state index contributed by atoms with van der Waals surface area (Å²) in [5, 5.41) is 0.762. The van der Waals surface area contributed by atoms with Gasteiger partial charge in [-0.2, -0.15) is 0 Å². The van der Waals surface area contributed by atoms with Gasteiger partial charge in [-0.3, -0.25) is 4.98 Å². The van der Waals surface area contributed by atoms with Gasteiger partial charge in [-0.1, -0.05) is 91.0 Å². The highest BCUT2D eigenvalue weighted by Crippen LogP contribution is 2.57. The first-order chi connectivity index (χ1) is 24.7. The largest absolute Gasteiger partial charge is 0.457 e. The van der Waals surface area contributed by atoms with E-state index in [1.54, 1.807) is 6.07 Å². The number of ether oxygens (including phenoxy) is 1. The molecule has 50 heavy (non-hydrogen) atoms. The first kappa shape index (κ1) is 29.5. The van der Waals surface area contributed by atoms with Gasteiger partial charge in [0.2, 0.25) is 0 Å². The molecule has 1 aliphatic rings. The molecule has 0 atom stereocenters. The highest BCUT2D eigenvalue weighted by Gasteiger charge is 2.47. The van der Waals surface area contributed by atoms with Crippen molar-refractivity contribution in [3.63, 3.8) is 0 Å². The maximum Gasteiger partial charge on any atom is 0.128 e. The number of halogens is 1. The highest BCUT2D eigenvalue weighted by atomic mass is 19.1. The Kier molecular flexibility index (Phi) is 7.17. The molecule has 0 N–H and O–H groups in total. The topological polar surface area (TPSA) is 38.3 Å². The van der Waals surface area contributed by atoms with Crippen molar-refractivity contribution >= 4 is 28.0 Å². The van der Waals surface area contributed by atoms with Gasteiger partial charge in [0.05, 0.1) is 33.7 Å². The van der Waals surface area contributed by atoms with E-state index in [1.807, 2.05) is 60.8 Å². The number of aromatic nitrogens is 2. The van der Waals surface area contributed by atoms with Crippen molar-refractivity contribution in [3.05, 3.63) is 210 Å². The van der Waals surface area contributed by atoms with Gasteiger partial charge < -0.3 is 9.64 Å². The van der Waals surface area contributed by atoms with Crippen LogP contribution in [0.5, 0.6) is 11.5 Å². The van der Waals surface area contributed by atoms with Crippen LogP contribution in [-0.2, 0) is 5.41 Å². The smallest absolute Gasteiger partial charge is 0.128 e. The summed E-state index contributed by atoms with van der Waals surface area (Å²) in [5.74, 6) is 1.12. The fraction of sp³-hybridized carbons (Fsp3) is 0.0222. The van der Waals surface area contributed by atoms with E-state index in [9.17, 15) is 4.39 Å². The third kappa shape index (κ3) is 4.91. The molecule has 0 aliphatic carbocycles. The predicted octanol–water partition coefficient (Wildman–Crippen LogP) is 11.4. The zero-order valence-electron chi connectivity index (χ0n) is 26.9. The molecule has 0 saturated heterocycles. The average molecular weight is 648 g/mol. The number of fused-ring (bicyclic) bond motifs is 3. The van der Waals surface area contributed by atoms with E-state index >= 15 is 0 Å². The summed E-state index contributed by atoms with van der Waals surface area (Å²) in [6.45, 7) is 0. The Hall–Kier alpha value is -6.59. The van der Waals surface area contributed by atoms with Gasteiger partial charge in [0.1, 0.15) is 17.3 Å². The second kappa shape index (κ2) is 12.1. The SMILES string of the molecule is Fc1ccc2nc(-c3cccc(Oc4cccc(C5(c6ccccn6)c6ccccc6N(c6ccccc6)c6ccccc65)c4)c3)ccc2c1. The van der Waals surface area contributed by atoms with E-state index in [1.165, 1.54) is 12.1 Å². The maximum atomic E-state index is 13.8. The molecule has 9 rings (SSSR count). The van der Waals surface area contributed by atoms with Crippen LogP contribution >= 0.6 is 0 Å². The van der Waals surface area contributed by atoms with Crippen LogP contribution in [-0.4, -0.2) is 9.97 Å². The Morgan fingerprint density at radius 3 is 2.02 bits per heavy atom. The Morgan fingerprint density at radius 1 is 0.560 bits per heavy atom. The van der Waals surface area contributed by atoms with Gasteiger partial charge >= 0.3 is 0 Å². The summed E-state index contributed by atoms with van der Waals surface area (Å²) >= 11 is 0. The number of rotatable bonds is 6. The fourth-order valence-corrected chi connectivity index (χ4v) is 7.33. The molecule has 1 aliphatic heterocycles. The van der Waals surface area contributed by atoms with Gasteiger partial charge in [0, 0.05) is 22.8 Å². The lowest BCUT2D eigenvalue weighted by Gasteiger charge is -2.45. The van der Waals surface area contributed by atoms with Gasteiger partial charge in [-0.15, -0.1) is 0 Å². The Balaban J connectivity index is 1.18. The molecular formula is C45H30FN3O. The quantitative estimate of drug-likeness (QED) is 0.180. The maximum absolute atomic E-state index is 13.8. The molecule has 0 saturated carbocycles. The summed E-state index contributed by atoms with van der Waals surface area (Å²) in [6, 6.07) is 58.6. The zero-order chi connectivity index (χ0) is 33.5. The van der Waals surface area contributed by atoms with Crippen molar-refractivity contribution in [1.29, 1.82) is 0 Å².